The summed E-state index contributed by atoms with van der Waals surface area (Å²) >= 11 is 1.68. The SMILES string of the molecule is CC(C)(C)OC(=O)N[C@H]1[C@@H](NC(=O)OC(C)(C)C)CS[C@H]1CCCCC(OCCCCN1C(=O)c2ccccc2C1=O)OCCCCN1C(=O)c2ccccc2C1=O. The van der Waals surface area contributed by atoms with E-state index in [0.717, 1.165) is 19.3 Å². The first-order valence-corrected chi connectivity index (χ1v) is 21.3. The van der Waals surface area contributed by atoms with Crippen molar-refractivity contribution in [1.29, 1.82) is 0 Å². The van der Waals surface area contributed by atoms with E-state index < -0.39 is 29.7 Å². The summed E-state index contributed by atoms with van der Waals surface area (Å²) < 4.78 is 23.4. The lowest BCUT2D eigenvalue weighted by Gasteiger charge is -2.29. The Balaban J connectivity index is 1.11. The van der Waals surface area contributed by atoms with Crippen molar-refractivity contribution >= 4 is 47.6 Å². The molecule has 0 unspecified atom stereocenters. The summed E-state index contributed by atoms with van der Waals surface area (Å²) in [6, 6.07) is 12.9. The first-order chi connectivity index (χ1) is 27.5. The molecular weight excluding hydrogens is 765 g/mol. The summed E-state index contributed by atoms with van der Waals surface area (Å²) in [5.41, 5.74) is 0.367. The Hall–Kier alpha value is -4.47. The lowest BCUT2D eigenvalue weighted by Crippen LogP contribution is -2.54. The maximum Gasteiger partial charge on any atom is 0.407 e. The molecule has 6 amide bonds. The number of ether oxygens (including phenoxy) is 4. The fourth-order valence-electron chi connectivity index (χ4n) is 7.11. The predicted molar refractivity (Wildman–Crippen MR) is 219 cm³/mol. The Bertz CT molecular complexity index is 1650. The molecule has 1 saturated heterocycles. The minimum Gasteiger partial charge on any atom is -0.444 e. The predicted octanol–water partition coefficient (Wildman–Crippen LogP) is 6.96. The Labute approximate surface area is 345 Å². The average Bonchev–Trinajstić information content (AvgIpc) is 3.72. The van der Waals surface area contributed by atoms with E-state index in [1.54, 1.807) is 102 Å². The maximum absolute atomic E-state index is 12.9. The first-order valence-electron chi connectivity index (χ1n) is 20.3. The van der Waals surface area contributed by atoms with E-state index >= 15 is 0 Å². The van der Waals surface area contributed by atoms with Crippen molar-refractivity contribution in [3.05, 3.63) is 70.8 Å². The molecule has 1 fully saturated rings. The molecule has 14 nitrogen and oxygen atoms in total. The molecule has 316 valence electrons. The molecule has 5 rings (SSSR count). The van der Waals surface area contributed by atoms with E-state index in [-0.39, 0.29) is 41.0 Å². The zero-order valence-electron chi connectivity index (χ0n) is 34.5. The van der Waals surface area contributed by atoms with Gasteiger partial charge in [0.25, 0.3) is 23.6 Å². The van der Waals surface area contributed by atoms with E-state index in [4.69, 9.17) is 18.9 Å². The van der Waals surface area contributed by atoms with Crippen molar-refractivity contribution < 1.29 is 47.7 Å². The Morgan fingerprint density at radius 1 is 0.655 bits per heavy atom. The largest absolute Gasteiger partial charge is 0.444 e. The van der Waals surface area contributed by atoms with Crippen molar-refractivity contribution in [3.8, 4) is 0 Å². The topological polar surface area (TPSA) is 170 Å². The number of benzene rings is 2. The Morgan fingerprint density at radius 2 is 1.09 bits per heavy atom. The van der Waals surface area contributed by atoms with E-state index in [2.05, 4.69) is 10.6 Å². The van der Waals surface area contributed by atoms with Crippen LogP contribution in [-0.2, 0) is 18.9 Å². The zero-order chi connectivity index (χ0) is 42.0. The number of alkyl carbamates (subject to hydrolysis) is 2. The van der Waals surface area contributed by atoms with Crippen LogP contribution in [0, 0.1) is 0 Å². The highest BCUT2D eigenvalue weighted by Gasteiger charge is 2.40. The van der Waals surface area contributed by atoms with E-state index in [0.29, 0.717) is 86.4 Å². The average molecular weight is 823 g/mol. The number of imide groups is 2. The van der Waals surface area contributed by atoms with Crippen LogP contribution < -0.4 is 10.6 Å². The van der Waals surface area contributed by atoms with Gasteiger partial charge in [-0.25, -0.2) is 9.59 Å². The molecule has 3 atom stereocenters. The summed E-state index contributed by atoms with van der Waals surface area (Å²) in [6.07, 6.45) is 3.65. The summed E-state index contributed by atoms with van der Waals surface area (Å²) in [5, 5.41) is 5.95. The molecule has 58 heavy (non-hydrogen) atoms. The second-order valence-corrected chi connectivity index (χ2v) is 18.1. The lowest BCUT2D eigenvalue weighted by atomic mass is 10.0. The van der Waals surface area contributed by atoms with Gasteiger partial charge in [-0.1, -0.05) is 30.7 Å². The second-order valence-electron chi connectivity index (χ2n) is 16.8. The van der Waals surface area contributed by atoms with Gasteiger partial charge in [-0.05, 0) is 111 Å². The van der Waals surface area contributed by atoms with Gasteiger partial charge in [0.05, 0.1) is 34.3 Å². The fourth-order valence-corrected chi connectivity index (χ4v) is 8.66. The molecule has 0 saturated carbocycles. The number of carbonyl (C=O) groups is 6. The van der Waals surface area contributed by atoms with Gasteiger partial charge in [-0.2, -0.15) is 11.8 Å². The van der Waals surface area contributed by atoms with Gasteiger partial charge in [0.2, 0.25) is 0 Å². The Kier molecular flexibility index (Phi) is 15.4. The summed E-state index contributed by atoms with van der Waals surface area (Å²) in [7, 11) is 0. The number of hydrogen-bond donors (Lipinski definition) is 2. The molecule has 2 aromatic carbocycles. The highest BCUT2D eigenvalue weighted by Crippen LogP contribution is 2.32. The summed E-state index contributed by atoms with van der Waals surface area (Å²) in [6.45, 7) is 12.1. The third kappa shape index (κ3) is 12.3. The molecule has 15 heteroatoms. The molecule has 0 aromatic heterocycles. The van der Waals surface area contributed by atoms with Gasteiger partial charge in [0.1, 0.15) is 11.2 Å². The quantitative estimate of drug-likeness (QED) is 0.0853. The third-order valence-electron chi connectivity index (χ3n) is 9.80. The normalized spacial score (nSPS) is 19.2. The van der Waals surface area contributed by atoms with Crippen molar-refractivity contribution in [2.45, 2.75) is 128 Å². The van der Waals surface area contributed by atoms with Gasteiger partial charge >= 0.3 is 12.2 Å². The second kappa shape index (κ2) is 20.0. The molecular formula is C43H58N4O10S. The molecule has 2 aromatic rings. The van der Waals surface area contributed by atoms with Crippen LogP contribution in [0.1, 0.15) is 134 Å². The van der Waals surface area contributed by atoms with Crippen LogP contribution in [-0.4, -0.2) is 112 Å². The molecule has 0 radical (unpaired) electrons. The van der Waals surface area contributed by atoms with Gasteiger partial charge in [0, 0.05) is 37.3 Å². The number of amides is 6. The molecule has 0 bridgehead atoms. The van der Waals surface area contributed by atoms with Gasteiger partial charge in [-0.3, -0.25) is 29.0 Å². The van der Waals surface area contributed by atoms with Crippen molar-refractivity contribution in [2.24, 2.45) is 0 Å². The zero-order valence-corrected chi connectivity index (χ0v) is 35.3. The van der Waals surface area contributed by atoms with Gasteiger partial charge < -0.3 is 29.6 Å². The van der Waals surface area contributed by atoms with Gasteiger partial charge in [-0.15, -0.1) is 0 Å². The number of unbranched alkanes of at least 4 members (excludes halogenated alkanes) is 3. The summed E-state index contributed by atoms with van der Waals surface area (Å²) in [5.74, 6) is -0.514. The number of hydrogen-bond acceptors (Lipinski definition) is 11. The van der Waals surface area contributed by atoms with Gasteiger partial charge in [0.15, 0.2) is 6.29 Å². The molecule has 3 aliphatic rings. The highest BCUT2D eigenvalue weighted by atomic mass is 32.2. The number of rotatable bonds is 19. The van der Waals surface area contributed by atoms with Crippen LogP contribution in [0.25, 0.3) is 0 Å². The summed E-state index contributed by atoms with van der Waals surface area (Å²) in [4.78, 5) is 79.2. The smallest absolute Gasteiger partial charge is 0.407 e. The number of nitrogens with zero attached hydrogens (tertiary/aromatic N) is 2. The molecule has 2 N–H and O–H groups in total. The van der Waals surface area contributed by atoms with E-state index in [1.165, 1.54) is 9.80 Å². The molecule has 0 aliphatic carbocycles. The molecule has 0 spiro atoms. The third-order valence-corrected chi connectivity index (χ3v) is 11.3. The van der Waals surface area contributed by atoms with Crippen LogP contribution in [0.5, 0.6) is 0 Å². The Morgan fingerprint density at radius 3 is 1.52 bits per heavy atom. The van der Waals surface area contributed by atoms with Crippen molar-refractivity contribution in [1.82, 2.24) is 20.4 Å². The highest BCUT2D eigenvalue weighted by molar-refractivity contribution is 8.00. The maximum atomic E-state index is 12.9. The van der Waals surface area contributed by atoms with Crippen molar-refractivity contribution in [3.63, 3.8) is 0 Å². The number of carbonyl (C=O) groups excluding carboxylic acids is 6. The monoisotopic (exact) mass is 822 g/mol. The molecule has 3 aliphatic heterocycles. The minimum absolute atomic E-state index is 0.0111. The van der Waals surface area contributed by atoms with Crippen LogP contribution in [0.2, 0.25) is 0 Å². The van der Waals surface area contributed by atoms with E-state index in [9.17, 15) is 28.8 Å². The minimum atomic E-state index is -0.682. The van der Waals surface area contributed by atoms with Crippen LogP contribution in [0.4, 0.5) is 9.59 Å². The van der Waals surface area contributed by atoms with Crippen LogP contribution in [0.3, 0.4) is 0 Å². The van der Waals surface area contributed by atoms with E-state index in [1.807, 2.05) is 0 Å². The first kappa shape index (κ1) is 44.6. The number of thioether (sulfide) groups is 1. The lowest BCUT2D eigenvalue weighted by molar-refractivity contribution is -0.148. The van der Waals surface area contributed by atoms with Crippen molar-refractivity contribution in [2.75, 3.05) is 32.1 Å². The van der Waals surface area contributed by atoms with Crippen LogP contribution in [0.15, 0.2) is 48.5 Å². The number of nitrogens with one attached hydrogen (secondary N) is 2. The fraction of sp³-hybridized carbons (Fsp3) is 0.581. The molecule has 3 heterocycles. The number of fused-ring (bicyclic) bond motifs is 2. The van der Waals surface area contributed by atoms with Crippen LogP contribution >= 0.6 is 11.8 Å². The standard InChI is InChI=1S/C43H58N4O10S/c1-42(2,3)56-40(52)44-32-27-58-33(35(32)45-41(53)57-43(4,5)6)21-11-12-22-34(54-25-15-13-23-46-36(48)28-17-7-8-18-29(28)37(46)49)55-26-16-14-24-47-38(50)30-19-9-10-20-31(30)39(47)51/h7-10,17-20,32-35H,11-16,21-27H2,1-6H3,(H,44,52)(H,45,53)/t32-,33-,35-/m0/s1.